The maximum atomic E-state index is 12.8. The van der Waals surface area contributed by atoms with Gasteiger partial charge in [0.25, 0.3) is 11.8 Å². The van der Waals surface area contributed by atoms with Crippen LogP contribution in [-0.4, -0.2) is 78.6 Å². The predicted molar refractivity (Wildman–Crippen MR) is 237 cm³/mol. The van der Waals surface area contributed by atoms with E-state index in [-0.39, 0.29) is 17.4 Å². The van der Waals surface area contributed by atoms with Crippen LogP contribution in [0.2, 0.25) is 0 Å². The van der Waals surface area contributed by atoms with Crippen molar-refractivity contribution in [3.8, 4) is 0 Å². The number of amides is 2. The van der Waals surface area contributed by atoms with Crippen LogP contribution in [0.15, 0.2) is 71.4 Å². The van der Waals surface area contributed by atoms with Gasteiger partial charge in [0.2, 0.25) is 0 Å². The lowest BCUT2D eigenvalue weighted by Crippen LogP contribution is -2.29. The van der Waals surface area contributed by atoms with Crippen molar-refractivity contribution in [2.75, 3.05) is 46.6 Å². The number of aromatic nitrogens is 6. The van der Waals surface area contributed by atoms with Crippen molar-refractivity contribution in [2.45, 2.75) is 65.5 Å². The number of benzene rings is 2. The van der Waals surface area contributed by atoms with Crippen molar-refractivity contribution < 1.29 is 19.5 Å². The molecular formula is C41H45IN10O4S2. The lowest BCUT2D eigenvalue weighted by molar-refractivity contribution is 0.0696. The molecule has 0 atom stereocenters. The van der Waals surface area contributed by atoms with Crippen LogP contribution in [0.1, 0.15) is 92.6 Å². The first-order valence-corrected chi connectivity index (χ1v) is 22.1. The summed E-state index contributed by atoms with van der Waals surface area (Å²) in [5.41, 5.74) is 5.83. The predicted octanol–water partition coefficient (Wildman–Crippen LogP) is 8.18. The molecule has 14 nitrogen and oxygen atoms in total. The fourth-order valence-electron chi connectivity index (χ4n) is 6.82. The van der Waals surface area contributed by atoms with E-state index in [0.717, 1.165) is 68.5 Å². The fraction of sp³-hybridized carbons (Fsp3) is 0.341. The molecule has 0 saturated carbocycles. The van der Waals surface area contributed by atoms with Crippen LogP contribution < -0.4 is 20.4 Å². The van der Waals surface area contributed by atoms with Gasteiger partial charge in [0, 0.05) is 51.9 Å². The summed E-state index contributed by atoms with van der Waals surface area (Å²) in [5.74, 6) is -1.47. The van der Waals surface area contributed by atoms with E-state index in [1.165, 1.54) is 50.7 Å². The first kappa shape index (κ1) is 41.0. The van der Waals surface area contributed by atoms with Gasteiger partial charge in [0.15, 0.2) is 10.3 Å². The Hall–Kier alpha value is -5.14. The number of hydrogen-bond donors (Lipinski definition) is 3. The van der Waals surface area contributed by atoms with Gasteiger partial charge < -0.3 is 25.5 Å². The number of aromatic carboxylic acids is 1. The average Bonchev–Trinajstić information content (AvgIpc) is 4.05. The smallest absolute Gasteiger partial charge is 0.335 e. The molecule has 302 valence electrons. The molecule has 3 N–H and O–H groups in total. The highest BCUT2D eigenvalue weighted by molar-refractivity contribution is 14.1. The van der Waals surface area contributed by atoms with Gasteiger partial charge in [-0.05, 0) is 136 Å². The van der Waals surface area contributed by atoms with Gasteiger partial charge in [-0.2, -0.15) is 10.2 Å². The van der Waals surface area contributed by atoms with Crippen LogP contribution in [0.4, 0.5) is 21.6 Å². The highest BCUT2D eigenvalue weighted by Crippen LogP contribution is 2.26. The number of nitrogens with one attached hydrogen (secondary N) is 2. The number of anilines is 4. The third kappa shape index (κ3) is 10.7. The largest absolute Gasteiger partial charge is 0.478 e. The van der Waals surface area contributed by atoms with Crippen molar-refractivity contribution in [3.05, 3.63) is 115 Å². The zero-order valence-corrected chi connectivity index (χ0v) is 36.1. The van der Waals surface area contributed by atoms with Gasteiger partial charge in [-0.25, -0.2) is 14.8 Å². The average molecular weight is 933 g/mol. The number of piperidine rings is 2. The van der Waals surface area contributed by atoms with Gasteiger partial charge in [0.1, 0.15) is 11.4 Å². The Balaban J connectivity index is 0.000000177. The zero-order valence-electron chi connectivity index (χ0n) is 32.4. The van der Waals surface area contributed by atoms with E-state index in [0.29, 0.717) is 30.2 Å². The molecule has 17 heteroatoms. The Bertz CT molecular complexity index is 2340. The van der Waals surface area contributed by atoms with Crippen molar-refractivity contribution in [2.24, 2.45) is 0 Å². The van der Waals surface area contributed by atoms with Crippen molar-refractivity contribution in [3.63, 3.8) is 0 Å². The molecule has 2 saturated heterocycles. The second kappa shape index (κ2) is 19.1. The van der Waals surface area contributed by atoms with Crippen LogP contribution in [0.5, 0.6) is 0 Å². The number of rotatable bonds is 11. The molecule has 0 unspecified atom stereocenters. The quantitative estimate of drug-likeness (QED) is 0.108. The van der Waals surface area contributed by atoms with Crippen LogP contribution in [0.25, 0.3) is 0 Å². The molecule has 58 heavy (non-hydrogen) atoms. The monoisotopic (exact) mass is 932 g/mol. The molecule has 0 radical (unpaired) electrons. The number of carbonyl (C=O) groups excluding carboxylic acids is 2. The maximum absolute atomic E-state index is 12.8. The zero-order chi connectivity index (χ0) is 40.6. The second-order valence-electron chi connectivity index (χ2n) is 14.3. The number of thiazole rings is 2. The van der Waals surface area contributed by atoms with Crippen LogP contribution in [0.3, 0.4) is 0 Å². The number of carboxylic acid groups (broad SMARTS) is 1. The molecule has 8 rings (SSSR count). The van der Waals surface area contributed by atoms with Crippen molar-refractivity contribution >= 4 is 84.7 Å². The van der Waals surface area contributed by atoms with E-state index >= 15 is 0 Å². The summed E-state index contributed by atoms with van der Waals surface area (Å²) in [7, 11) is 0. The highest BCUT2D eigenvalue weighted by atomic mass is 127. The van der Waals surface area contributed by atoms with E-state index in [1.54, 1.807) is 50.2 Å². The molecular weight excluding hydrogens is 888 g/mol. The number of nitrogens with zero attached hydrogens (tertiary/aromatic N) is 8. The number of hydrogen-bond acceptors (Lipinski definition) is 11. The van der Waals surface area contributed by atoms with E-state index in [4.69, 9.17) is 15.1 Å². The van der Waals surface area contributed by atoms with Crippen molar-refractivity contribution in [1.82, 2.24) is 29.5 Å². The number of carbonyl (C=O) groups is 3. The lowest BCUT2D eigenvalue weighted by Gasteiger charge is -2.25. The maximum Gasteiger partial charge on any atom is 0.335 e. The summed E-state index contributed by atoms with van der Waals surface area (Å²) in [4.78, 5) is 50.8. The Labute approximate surface area is 358 Å². The van der Waals surface area contributed by atoms with Crippen LogP contribution in [0, 0.1) is 17.4 Å². The van der Waals surface area contributed by atoms with Gasteiger partial charge in [-0.15, -0.1) is 22.7 Å². The fourth-order valence-corrected chi connectivity index (χ4v) is 8.92. The minimum atomic E-state index is -1.01. The van der Waals surface area contributed by atoms with E-state index in [9.17, 15) is 14.4 Å². The van der Waals surface area contributed by atoms with Gasteiger partial charge in [0.05, 0.1) is 41.4 Å². The number of carboxylic acids is 1. The van der Waals surface area contributed by atoms with E-state index in [1.807, 2.05) is 49.6 Å². The minimum absolute atomic E-state index is 0.159. The Kier molecular flexibility index (Phi) is 13.5. The second-order valence-corrected chi connectivity index (χ2v) is 17.2. The molecule has 2 aromatic carbocycles. The summed E-state index contributed by atoms with van der Waals surface area (Å²) in [5, 5.41) is 29.9. The van der Waals surface area contributed by atoms with Gasteiger partial charge in [-0.1, -0.05) is 0 Å². The van der Waals surface area contributed by atoms with Gasteiger partial charge in [-0.3, -0.25) is 19.0 Å². The third-order valence-corrected chi connectivity index (χ3v) is 12.3. The molecule has 0 bridgehead atoms. The Morgan fingerprint density at radius 2 is 1.07 bits per heavy atom. The standard InChI is InChI=1S/C21H23N5O3S.C20H22IN5OS/c1-14-11-18(19(27)22-16-7-5-15(6-8-16)20(28)29)26(24-14)12-17-13-30-21(23-17)25-9-3-2-4-10-25;1-14-11-18(19(27)22-16-7-5-15(21)6-8-16)26(24-14)12-17-13-28-20(23-17)25-9-3-2-4-10-25/h5-8,11,13H,2-4,9-10,12H2,1H3,(H,22,27)(H,28,29);5-8,11,13H,2-4,9-10,12H2,1H3,(H,22,27). The molecule has 4 aromatic heterocycles. The minimum Gasteiger partial charge on any atom is -0.478 e. The number of halogens is 1. The van der Waals surface area contributed by atoms with Crippen LogP contribution in [-0.2, 0) is 13.1 Å². The molecule has 0 aliphatic carbocycles. The SMILES string of the molecule is Cc1cc(C(=O)Nc2ccc(C(=O)O)cc2)n(Cc2csc(N3CCCCC3)n2)n1.Cc1cc(C(=O)Nc2ccc(I)cc2)n(Cc2csc(N3CCCCC3)n2)n1. The first-order valence-electron chi connectivity index (χ1n) is 19.3. The van der Waals surface area contributed by atoms with Crippen LogP contribution >= 0.6 is 45.3 Å². The molecule has 2 fully saturated rings. The normalized spacial score (nSPS) is 14.1. The van der Waals surface area contributed by atoms with Gasteiger partial charge >= 0.3 is 5.97 Å². The summed E-state index contributed by atoms with van der Waals surface area (Å²) in [6.45, 7) is 8.90. The Morgan fingerprint density at radius 1 is 0.655 bits per heavy atom. The lowest BCUT2D eigenvalue weighted by atomic mass is 10.1. The topological polar surface area (TPSA) is 163 Å². The van der Waals surface area contributed by atoms with Crippen molar-refractivity contribution in [1.29, 1.82) is 0 Å². The molecule has 6 heterocycles. The molecule has 0 spiro atoms. The molecule has 2 amide bonds. The highest BCUT2D eigenvalue weighted by Gasteiger charge is 2.20. The molecule has 2 aliphatic heterocycles. The summed E-state index contributed by atoms with van der Waals surface area (Å²) in [6.07, 6.45) is 7.45. The Morgan fingerprint density at radius 3 is 1.48 bits per heavy atom. The molecule has 6 aromatic rings. The third-order valence-electron chi connectivity index (χ3n) is 9.72. The summed E-state index contributed by atoms with van der Waals surface area (Å²) >= 11 is 5.55. The molecule has 2 aliphatic rings. The first-order chi connectivity index (χ1) is 28.1. The van der Waals surface area contributed by atoms with E-state index in [2.05, 4.69) is 58.6 Å². The van der Waals surface area contributed by atoms with E-state index < -0.39 is 5.97 Å². The summed E-state index contributed by atoms with van der Waals surface area (Å²) < 4.78 is 4.53. The summed E-state index contributed by atoms with van der Waals surface area (Å²) in [6, 6.07) is 17.3. The number of aryl methyl sites for hydroxylation is 2.